The molecule has 1 aliphatic rings. The number of nitrogens with one attached hydrogen (secondary N) is 1. The smallest absolute Gasteiger partial charge is 0.312 e. The van der Waals surface area contributed by atoms with Gasteiger partial charge in [0.25, 0.3) is 0 Å². The van der Waals surface area contributed by atoms with Crippen LogP contribution in [-0.4, -0.2) is 24.5 Å². The lowest BCUT2D eigenvalue weighted by atomic mass is 9.72. The molecule has 2 aromatic rings. The summed E-state index contributed by atoms with van der Waals surface area (Å²) in [5.41, 5.74) is -0.663. The van der Waals surface area contributed by atoms with E-state index < -0.39 is 17.1 Å². The van der Waals surface area contributed by atoms with Crippen LogP contribution >= 0.6 is 11.3 Å². The Labute approximate surface area is 182 Å². The quantitative estimate of drug-likeness (QED) is 0.468. The van der Waals surface area contributed by atoms with Crippen LogP contribution in [0.1, 0.15) is 71.2 Å². The van der Waals surface area contributed by atoms with Crippen LogP contribution in [0.3, 0.4) is 0 Å². The van der Waals surface area contributed by atoms with E-state index in [-0.39, 0.29) is 23.0 Å². The van der Waals surface area contributed by atoms with Crippen molar-refractivity contribution in [3.8, 4) is 0 Å². The van der Waals surface area contributed by atoms with Gasteiger partial charge in [-0.05, 0) is 57.2 Å². The van der Waals surface area contributed by atoms with Gasteiger partial charge in [0.1, 0.15) is 5.82 Å². The Balaban J connectivity index is 1.91. The van der Waals surface area contributed by atoms with Crippen molar-refractivity contribution < 1.29 is 18.7 Å². The molecule has 2 atom stereocenters. The van der Waals surface area contributed by atoms with Gasteiger partial charge in [0.2, 0.25) is 0 Å². The summed E-state index contributed by atoms with van der Waals surface area (Å²) >= 11 is 1.45. The van der Waals surface area contributed by atoms with E-state index in [2.05, 4.69) is 26.1 Å². The molecule has 1 N–H and O–H groups in total. The minimum absolute atomic E-state index is 0.00501. The summed E-state index contributed by atoms with van der Waals surface area (Å²) in [5.74, 6) is -0.632. The van der Waals surface area contributed by atoms with Crippen LogP contribution in [0.4, 0.5) is 4.39 Å². The molecule has 0 bridgehead atoms. The Morgan fingerprint density at radius 2 is 1.93 bits per heavy atom. The molecule has 1 saturated heterocycles. The van der Waals surface area contributed by atoms with Crippen molar-refractivity contribution in [1.82, 2.24) is 5.32 Å². The lowest BCUT2D eigenvalue weighted by Crippen LogP contribution is -2.34. The summed E-state index contributed by atoms with van der Waals surface area (Å²) < 4.78 is 20.4. The van der Waals surface area contributed by atoms with Crippen LogP contribution in [0.5, 0.6) is 0 Å². The SMILES string of the molecule is CC(C)(C)CCC1(C(=O)c2csc3ccc(F)cc23)CNC(OC(=O)C(C)(C)C)C1. The van der Waals surface area contributed by atoms with E-state index in [1.807, 2.05) is 26.2 Å². The second-order valence-corrected chi connectivity index (χ2v) is 11.6. The maximum absolute atomic E-state index is 13.9. The van der Waals surface area contributed by atoms with Gasteiger partial charge in [-0.15, -0.1) is 11.3 Å². The zero-order valence-corrected chi connectivity index (χ0v) is 19.5. The lowest BCUT2D eigenvalue weighted by Gasteiger charge is -2.30. The molecule has 1 fully saturated rings. The van der Waals surface area contributed by atoms with Gasteiger partial charge in [-0.2, -0.15) is 0 Å². The van der Waals surface area contributed by atoms with E-state index >= 15 is 0 Å². The largest absolute Gasteiger partial charge is 0.446 e. The number of rotatable bonds is 5. The number of Topliss-reactive ketones (excluding diaryl/α,β-unsaturated/α-hetero) is 1. The van der Waals surface area contributed by atoms with Gasteiger partial charge in [0.15, 0.2) is 12.0 Å². The van der Waals surface area contributed by atoms with E-state index in [1.165, 1.54) is 23.5 Å². The van der Waals surface area contributed by atoms with Crippen molar-refractivity contribution in [3.05, 3.63) is 35.0 Å². The monoisotopic (exact) mass is 433 g/mol. The average molecular weight is 434 g/mol. The number of fused-ring (bicyclic) bond motifs is 1. The second kappa shape index (κ2) is 8.04. The van der Waals surface area contributed by atoms with Crippen molar-refractivity contribution in [2.45, 2.75) is 67.0 Å². The number of thiophene rings is 1. The molecule has 0 radical (unpaired) electrons. The maximum Gasteiger partial charge on any atom is 0.312 e. The molecular weight excluding hydrogens is 401 g/mol. The fraction of sp³-hybridized carbons (Fsp3) is 0.583. The molecule has 0 saturated carbocycles. The number of carbonyl (C=O) groups excluding carboxylic acids is 2. The van der Waals surface area contributed by atoms with Crippen LogP contribution in [0.25, 0.3) is 10.1 Å². The molecule has 164 valence electrons. The summed E-state index contributed by atoms with van der Waals surface area (Å²) in [5, 5.41) is 5.75. The minimum Gasteiger partial charge on any atom is -0.446 e. The highest BCUT2D eigenvalue weighted by Gasteiger charge is 2.47. The van der Waals surface area contributed by atoms with Crippen molar-refractivity contribution in [1.29, 1.82) is 0 Å². The van der Waals surface area contributed by atoms with Gasteiger partial charge < -0.3 is 4.74 Å². The maximum atomic E-state index is 13.9. The lowest BCUT2D eigenvalue weighted by molar-refractivity contribution is -0.159. The number of ether oxygens (including phenoxy) is 1. The first kappa shape index (κ1) is 22.9. The summed E-state index contributed by atoms with van der Waals surface area (Å²) in [6.07, 6.45) is 1.47. The normalized spacial score (nSPS) is 22.4. The van der Waals surface area contributed by atoms with Gasteiger partial charge in [0.05, 0.1) is 10.8 Å². The highest BCUT2D eigenvalue weighted by Crippen LogP contribution is 2.43. The average Bonchev–Trinajstić information content (AvgIpc) is 3.22. The topological polar surface area (TPSA) is 55.4 Å². The molecular formula is C24H32FNO3S. The zero-order chi connectivity index (χ0) is 22.3. The fourth-order valence-corrected chi connectivity index (χ4v) is 4.67. The molecule has 0 aliphatic carbocycles. The predicted octanol–water partition coefficient (Wildman–Crippen LogP) is 5.94. The van der Waals surface area contributed by atoms with Crippen LogP contribution < -0.4 is 5.32 Å². The standard InChI is InChI=1S/C24H32FNO3S/c1-22(2,3)9-10-24(12-19(26-14-24)29-21(28)23(4,5)6)20(27)17-13-30-18-8-7-15(25)11-16(17)18/h7-8,11,13,19,26H,9-10,12,14H2,1-6H3. The van der Waals surface area contributed by atoms with Gasteiger partial charge >= 0.3 is 5.97 Å². The van der Waals surface area contributed by atoms with Gasteiger partial charge in [-0.25, -0.2) is 4.39 Å². The third-order valence-electron chi connectivity index (χ3n) is 5.72. The van der Waals surface area contributed by atoms with Gasteiger partial charge in [0, 0.05) is 34.0 Å². The third kappa shape index (κ3) is 4.92. The van der Waals surface area contributed by atoms with Crippen LogP contribution in [0, 0.1) is 22.1 Å². The number of carbonyl (C=O) groups is 2. The van der Waals surface area contributed by atoms with Crippen LogP contribution in [0.15, 0.2) is 23.6 Å². The van der Waals surface area contributed by atoms with E-state index in [1.54, 1.807) is 6.07 Å². The molecule has 0 spiro atoms. The molecule has 0 amide bonds. The fourth-order valence-electron chi connectivity index (χ4n) is 3.75. The van der Waals surface area contributed by atoms with E-state index in [4.69, 9.17) is 4.74 Å². The summed E-state index contributed by atoms with van der Waals surface area (Å²) in [4.78, 5) is 26.2. The first-order chi connectivity index (χ1) is 13.8. The summed E-state index contributed by atoms with van der Waals surface area (Å²) in [6.45, 7) is 12.3. The number of ketones is 1. The van der Waals surface area contributed by atoms with Gasteiger partial charge in [-0.1, -0.05) is 20.8 Å². The van der Waals surface area contributed by atoms with E-state index in [0.717, 1.165) is 11.1 Å². The number of benzene rings is 1. The van der Waals surface area contributed by atoms with Crippen molar-refractivity contribution in [2.24, 2.45) is 16.2 Å². The number of hydrogen-bond acceptors (Lipinski definition) is 5. The molecule has 2 heterocycles. The number of halogens is 1. The highest BCUT2D eigenvalue weighted by molar-refractivity contribution is 7.17. The van der Waals surface area contributed by atoms with E-state index in [9.17, 15) is 14.0 Å². The molecule has 3 rings (SSSR count). The number of esters is 1. The Morgan fingerprint density at radius 3 is 2.57 bits per heavy atom. The minimum atomic E-state index is -0.684. The predicted molar refractivity (Wildman–Crippen MR) is 119 cm³/mol. The molecule has 6 heteroatoms. The first-order valence-electron chi connectivity index (χ1n) is 10.5. The van der Waals surface area contributed by atoms with Crippen LogP contribution in [-0.2, 0) is 9.53 Å². The van der Waals surface area contributed by atoms with E-state index in [0.29, 0.717) is 30.3 Å². The summed E-state index contributed by atoms with van der Waals surface area (Å²) in [7, 11) is 0. The second-order valence-electron chi connectivity index (χ2n) is 10.7. The molecule has 1 aromatic carbocycles. The number of hydrogen-bond donors (Lipinski definition) is 1. The van der Waals surface area contributed by atoms with Gasteiger partial charge in [-0.3, -0.25) is 14.9 Å². The Hall–Kier alpha value is -1.79. The third-order valence-corrected chi connectivity index (χ3v) is 6.68. The Bertz CT molecular complexity index is 953. The highest BCUT2D eigenvalue weighted by atomic mass is 32.1. The van der Waals surface area contributed by atoms with Crippen molar-refractivity contribution >= 4 is 33.2 Å². The Kier molecular flexibility index (Phi) is 6.14. The first-order valence-corrected chi connectivity index (χ1v) is 11.3. The molecule has 1 aliphatic heterocycles. The Morgan fingerprint density at radius 1 is 1.23 bits per heavy atom. The zero-order valence-electron chi connectivity index (χ0n) is 18.7. The van der Waals surface area contributed by atoms with Crippen molar-refractivity contribution in [2.75, 3.05) is 6.54 Å². The molecule has 30 heavy (non-hydrogen) atoms. The molecule has 4 nitrogen and oxygen atoms in total. The van der Waals surface area contributed by atoms with Crippen LogP contribution in [0.2, 0.25) is 0 Å². The summed E-state index contributed by atoms with van der Waals surface area (Å²) in [6, 6.07) is 4.58. The molecule has 1 aromatic heterocycles. The molecule has 2 unspecified atom stereocenters. The van der Waals surface area contributed by atoms with Crippen molar-refractivity contribution in [3.63, 3.8) is 0 Å².